The van der Waals surface area contributed by atoms with Gasteiger partial charge in [0, 0.05) is 0 Å². The van der Waals surface area contributed by atoms with Crippen LogP contribution in [0.15, 0.2) is 24.8 Å². The van der Waals surface area contributed by atoms with Crippen molar-refractivity contribution in [3.63, 3.8) is 0 Å². The van der Waals surface area contributed by atoms with Crippen molar-refractivity contribution < 1.29 is 9.90 Å². The Balaban J connectivity index is 4.25. The molecule has 2 nitrogen and oxygen atoms in total. The molecule has 0 heterocycles. The molecule has 0 unspecified atom stereocenters. The fraction of sp³-hybridized carbons (Fsp3) is 0.375. The summed E-state index contributed by atoms with van der Waals surface area (Å²) < 4.78 is 0. The van der Waals surface area contributed by atoms with E-state index in [9.17, 15) is 4.79 Å². The van der Waals surface area contributed by atoms with Gasteiger partial charge in [0.2, 0.25) is 0 Å². The fourth-order valence-corrected chi connectivity index (χ4v) is 0.380. The van der Waals surface area contributed by atoms with Crippen molar-refractivity contribution >= 4 is 5.97 Å². The number of carboxylic acids is 1. The van der Waals surface area contributed by atoms with E-state index in [0.29, 0.717) is 0 Å². The van der Waals surface area contributed by atoms with Crippen LogP contribution in [0.1, 0.15) is 13.8 Å². The van der Waals surface area contributed by atoms with Gasteiger partial charge in [-0.2, -0.15) is 0 Å². The molecule has 0 aromatic heterocycles. The lowest BCUT2D eigenvalue weighted by Crippen LogP contribution is -2.20. The van der Waals surface area contributed by atoms with Crippen LogP contribution in [0.4, 0.5) is 0 Å². The molecule has 0 fully saturated rings. The normalized spacial score (nSPS) is 11.8. The summed E-state index contributed by atoms with van der Waals surface area (Å²) in [6, 6.07) is 0. The third-order valence-electron chi connectivity index (χ3n) is 1.20. The predicted molar refractivity (Wildman–Crippen MR) is 40.8 cm³/mol. The molecule has 56 valence electrons. The van der Waals surface area contributed by atoms with E-state index < -0.39 is 11.4 Å². The molecule has 0 radical (unpaired) electrons. The molecule has 10 heavy (non-hydrogen) atoms. The molecule has 2 heteroatoms. The van der Waals surface area contributed by atoms with E-state index in [1.54, 1.807) is 32.1 Å². The molecule has 0 saturated heterocycles. The Bertz CT molecular complexity index is 166. The maximum Gasteiger partial charge on any atom is 0.312 e. The number of hydrogen-bond acceptors (Lipinski definition) is 1. The Morgan fingerprint density at radius 2 is 2.10 bits per heavy atom. The lowest BCUT2D eigenvalue weighted by Gasteiger charge is -2.11. The Labute approximate surface area is 60.9 Å². The highest BCUT2D eigenvalue weighted by molar-refractivity contribution is 5.75. The SMILES string of the molecule is C=C/C=C/C(C)(C)C(=O)O. The van der Waals surface area contributed by atoms with E-state index in [2.05, 4.69) is 6.58 Å². The van der Waals surface area contributed by atoms with E-state index in [0.717, 1.165) is 0 Å². The first-order valence-corrected chi connectivity index (χ1v) is 3.04. The summed E-state index contributed by atoms with van der Waals surface area (Å²) in [6.07, 6.45) is 4.79. The van der Waals surface area contributed by atoms with Gasteiger partial charge in [-0.15, -0.1) is 0 Å². The standard InChI is InChI=1S/C8H12O2/c1-4-5-6-8(2,3)7(9)10/h4-6H,1H2,2-3H3,(H,9,10)/b6-5+. The molecular weight excluding hydrogens is 128 g/mol. The summed E-state index contributed by atoms with van der Waals surface area (Å²) in [6.45, 7) is 6.71. The second-order valence-electron chi connectivity index (χ2n) is 2.62. The van der Waals surface area contributed by atoms with Gasteiger partial charge in [0.25, 0.3) is 0 Å². The average Bonchev–Trinajstić information content (AvgIpc) is 1.84. The van der Waals surface area contributed by atoms with Gasteiger partial charge in [0.05, 0.1) is 5.41 Å². The zero-order valence-corrected chi connectivity index (χ0v) is 6.29. The Morgan fingerprint density at radius 1 is 1.60 bits per heavy atom. The quantitative estimate of drug-likeness (QED) is 0.607. The smallest absolute Gasteiger partial charge is 0.312 e. The predicted octanol–water partition coefficient (Wildman–Crippen LogP) is 1.84. The maximum atomic E-state index is 10.4. The number of allylic oxidation sites excluding steroid dienone is 2. The Kier molecular flexibility index (Phi) is 2.87. The minimum absolute atomic E-state index is 0.784. The molecule has 0 bridgehead atoms. The van der Waals surface area contributed by atoms with Crippen LogP contribution in [-0.2, 0) is 4.79 Å². The van der Waals surface area contributed by atoms with Crippen LogP contribution in [0.2, 0.25) is 0 Å². The Morgan fingerprint density at radius 3 is 2.40 bits per heavy atom. The molecule has 0 atom stereocenters. The largest absolute Gasteiger partial charge is 0.481 e. The number of carbonyl (C=O) groups is 1. The van der Waals surface area contributed by atoms with Gasteiger partial charge in [0.1, 0.15) is 0 Å². The zero-order chi connectivity index (χ0) is 8.20. The van der Waals surface area contributed by atoms with Crippen molar-refractivity contribution in [2.75, 3.05) is 0 Å². The number of aliphatic carboxylic acids is 1. The molecule has 0 aliphatic heterocycles. The second kappa shape index (κ2) is 3.20. The van der Waals surface area contributed by atoms with Crippen molar-refractivity contribution in [1.29, 1.82) is 0 Å². The van der Waals surface area contributed by atoms with Crippen molar-refractivity contribution in [3.8, 4) is 0 Å². The van der Waals surface area contributed by atoms with Crippen LogP contribution >= 0.6 is 0 Å². The third kappa shape index (κ3) is 2.49. The second-order valence-corrected chi connectivity index (χ2v) is 2.62. The molecule has 0 rings (SSSR count). The molecule has 0 aromatic carbocycles. The van der Waals surface area contributed by atoms with Gasteiger partial charge in [-0.25, -0.2) is 0 Å². The summed E-state index contributed by atoms with van der Waals surface area (Å²) >= 11 is 0. The molecule has 0 aliphatic rings. The molecule has 0 saturated carbocycles. The van der Waals surface area contributed by atoms with Gasteiger partial charge in [0.15, 0.2) is 0 Å². The maximum absolute atomic E-state index is 10.4. The van der Waals surface area contributed by atoms with Gasteiger partial charge in [-0.1, -0.05) is 24.8 Å². The summed E-state index contributed by atoms with van der Waals surface area (Å²) in [7, 11) is 0. The van der Waals surface area contributed by atoms with Gasteiger partial charge >= 0.3 is 5.97 Å². The topological polar surface area (TPSA) is 37.3 Å². The third-order valence-corrected chi connectivity index (χ3v) is 1.20. The monoisotopic (exact) mass is 140 g/mol. The number of rotatable bonds is 3. The van der Waals surface area contributed by atoms with Crippen LogP contribution in [-0.4, -0.2) is 11.1 Å². The van der Waals surface area contributed by atoms with E-state index in [4.69, 9.17) is 5.11 Å². The molecule has 0 aliphatic carbocycles. The summed E-state index contributed by atoms with van der Waals surface area (Å²) in [4.78, 5) is 10.4. The van der Waals surface area contributed by atoms with Gasteiger partial charge in [-0.05, 0) is 13.8 Å². The van der Waals surface area contributed by atoms with Crippen molar-refractivity contribution in [2.24, 2.45) is 5.41 Å². The lowest BCUT2D eigenvalue weighted by atomic mass is 9.93. The van der Waals surface area contributed by atoms with Crippen molar-refractivity contribution in [1.82, 2.24) is 0 Å². The highest BCUT2D eigenvalue weighted by Crippen LogP contribution is 2.16. The number of hydrogen-bond donors (Lipinski definition) is 1. The average molecular weight is 140 g/mol. The van der Waals surface area contributed by atoms with Crippen LogP contribution in [0.25, 0.3) is 0 Å². The van der Waals surface area contributed by atoms with Crippen molar-refractivity contribution in [3.05, 3.63) is 24.8 Å². The van der Waals surface area contributed by atoms with E-state index in [1.165, 1.54) is 0 Å². The van der Waals surface area contributed by atoms with Gasteiger partial charge < -0.3 is 5.11 Å². The van der Waals surface area contributed by atoms with Crippen LogP contribution in [0, 0.1) is 5.41 Å². The summed E-state index contributed by atoms with van der Waals surface area (Å²) in [5.74, 6) is -0.828. The van der Waals surface area contributed by atoms with E-state index in [1.807, 2.05) is 0 Å². The van der Waals surface area contributed by atoms with Crippen LogP contribution in [0.5, 0.6) is 0 Å². The minimum atomic E-state index is -0.828. The Hall–Kier alpha value is -1.05. The first kappa shape index (κ1) is 8.95. The summed E-state index contributed by atoms with van der Waals surface area (Å²) in [5.41, 5.74) is -0.784. The molecule has 0 aromatic rings. The van der Waals surface area contributed by atoms with E-state index >= 15 is 0 Å². The molecular formula is C8H12O2. The lowest BCUT2D eigenvalue weighted by molar-refractivity contribution is -0.144. The van der Waals surface area contributed by atoms with Gasteiger partial charge in [-0.3, -0.25) is 4.79 Å². The van der Waals surface area contributed by atoms with E-state index in [-0.39, 0.29) is 0 Å². The first-order valence-electron chi connectivity index (χ1n) is 3.04. The zero-order valence-electron chi connectivity index (χ0n) is 6.29. The minimum Gasteiger partial charge on any atom is -0.481 e. The first-order chi connectivity index (χ1) is 4.50. The molecule has 1 N–H and O–H groups in total. The van der Waals surface area contributed by atoms with Crippen LogP contribution in [0.3, 0.4) is 0 Å². The fourth-order valence-electron chi connectivity index (χ4n) is 0.380. The highest BCUT2D eigenvalue weighted by atomic mass is 16.4. The highest BCUT2D eigenvalue weighted by Gasteiger charge is 2.22. The molecule has 0 spiro atoms. The van der Waals surface area contributed by atoms with Crippen LogP contribution < -0.4 is 0 Å². The molecule has 0 amide bonds. The summed E-state index contributed by atoms with van der Waals surface area (Å²) in [5, 5.41) is 8.58. The number of carboxylic acid groups (broad SMARTS) is 1. The van der Waals surface area contributed by atoms with Crippen molar-refractivity contribution in [2.45, 2.75) is 13.8 Å².